The number of rotatable bonds is 6. The molecule has 0 radical (unpaired) electrons. The number of hydrogen-bond acceptors (Lipinski definition) is 10. The van der Waals surface area contributed by atoms with Crippen LogP contribution >= 0.6 is 0 Å². The largest absolute Gasteiger partial charge is 0.324 e. The first-order chi connectivity index (χ1) is 16.8. The van der Waals surface area contributed by atoms with Crippen LogP contribution in [-0.4, -0.2) is 55.1 Å². The SMILES string of the molecule is CN1CCc2c(cc(Nc3ncc(C#N)c(Nc4nccc(N=S(C)(C)=O)n4)n3)cc2C2CC2)C1. The fourth-order valence-corrected chi connectivity index (χ4v) is 4.80. The van der Waals surface area contributed by atoms with E-state index in [1.165, 1.54) is 54.4 Å². The van der Waals surface area contributed by atoms with E-state index in [4.69, 9.17) is 0 Å². The average Bonchev–Trinajstić information content (AvgIpc) is 3.63. The van der Waals surface area contributed by atoms with Crippen LogP contribution in [0.2, 0.25) is 0 Å². The van der Waals surface area contributed by atoms with Crippen molar-refractivity contribution in [2.75, 3.05) is 36.7 Å². The second-order valence-electron chi connectivity index (χ2n) is 9.29. The maximum Gasteiger partial charge on any atom is 0.230 e. The minimum absolute atomic E-state index is 0.198. The molecule has 10 nitrogen and oxygen atoms in total. The molecule has 3 aromatic rings. The Hall–Kier alpha value is -3.62. The number of hydrogen-bond donors (Lipinski definition) is 2. The zero-order valence-corrected chi connectivity index (χ0v) is 20.8. The van der Waals surface area contributed by atoms with Crippen molar-refractivity contribution in [3.8, 4) is 6.07 Å². The molecule has 3 heterocycles. The highest BCUT2D eigenvalue weighted by Gasteiger charge is 2.29. The van der Waals surface area contributed by atoms with Crippen molar-refractivity contribution >= 4 is 38.9 Å². The monoisotopic (exact) mass is 489 g/mol. The zero-order valence-electron chi connectivity index (χ0n) is 19.9. The van der Waals surface area contributed by atoms with E-state index in [2.05, 4.69) is 65.1 Å². The zero-order chi connectivity index (χ0) is 24.6. The van der Waals surface area contributed by atoms with Crippen LogP contribution in [-0.2, 0) is 22.7 Å². The first-order valence-electron chi connectivity index (χ1n) is 11.4. The molecule has 2 aliphatic rings. The van der Waals surface area contributed by atoms with E-state index < -0.39 is 9.73 Å². The summed E-state index contributed by atoms with van der Waals surface area (Å²) in [5.74, 6) is 1.77. The van der Waals surface area contributed by atoms with Gasteiger partial charge in [-0.25, -0.2) is 14.2 Å². The van der Waals surface area contributed by atoms with E-state index in [-0.39, 0.29) is 23.1 Å². The molecule has 1 saturated carbocycles. The molecule has 1 aliphatic carbocycles. The Bertz CT molecular complexity index is 1440. The van der Waals surface area contributed by atoms with Crippen molar-refractivity contribution in [3.63, 3.8) is 0 Å². The molecule has 35 heavy (non-hydrogen) atoms. The highest BCUT2D eigenvalue weighted by molar-refractivity contribution is 7.92. The Balaban J connectivity index is 1.44. The molecule has 1 fully saturated rings. The van der Waals surface area contributed by atoms with Crippen molar-refractivity contribution in [2.24, 2.45) is 4.36 Å². The molecule has 0 atom stereocenters. The number of nitrogens with zero attached hydrogens (tertiary/aromatic N) is 7. The summed E-state index contributed by atoms with van der Waals surface area (Å²) in [4.78, 5) is 19.6. The molecule has 2 aromatic heterocycles. The molecule has 5 rings (SSSR count). The number of fused-ring (bicyclic) bond motifs is 1. The quantitative estimate of drug-likeness (QED) is 0.530. The lowest BCUT2D eigenvalue weighted by Gasteiger charge is -2.28. The lowest BCUT2D eigenvalue weighted by molar-refractivity contribution is 0.312. The number of aromatic nitrogens is 4. The lowest BCUT2D eigenvalue weighted by Crippen LogP contribution is -2.27. The molecular weight excluding hydrogens is 462 g/mol. The van der Waals surface area contributed by atoms with Gasteiger partial charge in [-0.05, 0) is 61.1 Å². The Morgan fingerprint density at radius 3 is 2.71 bits per heavy atom. The molecule has 180 valence electrons. The van der Waals surface area contributed by atoms with Gasteiger partial charge in [0.1, 0.15) is 11.6 Å². The van der Waals surface area contributed by atoms with Crippen molar-refractivity contribution in [1.82, 2.24) is 24.8 Å². The molecule has 0 spiro atoms. The van der Waals surface area contributed by atoms with E-state index in [0.29, 0.717) is 11.9 Å². The summed E-state index contributed by atoms with van der Waals surface area (Å²) in [7, 11) is -0.226. The minimum Gasteiger partial charge on any atom is -0.324 e. The first kappa shape index (κ1) is 23.1. The van der Waals surface area contributed by atoms with Gasteiger partial charge in [0.25, 0.3) is 0 Å². The molecule has 0 bridgehead atoms. The molecule has 0 amide bonds. The van der Waals surface area contributed by atoms with Gasteiger partial charge < -0.3 is 15.5 Å². The highest BCUT2D eigenvalue weighted by atomic mass is 32.2. The molecule has 0 saturated heterocycles. The second kappa shape index (κ2) is 9.20. The van der Waals surface area contributed by atoms with Crippen LogP contribution in [0.25, 0.3) is 0 Å². The van der Waals surface area contributed by atoms with Gasteiger partial charge in [-0.3, -0.25) is 0 Å². The van der Waals surface area contributed by atoms with Crippen molar-refractivity contribution < 1.29 is 4.21 Å². The normalized spacial score (nSPS) is 15.7. The van der Waals surface area contributed by atoms with E-state index in [1.807, 2.05) is 0 Å². The summed E-state index contributed by atoms with van der Waals surface area (Å²) < 4.78 is 16.1. The standard InChI is InChI=1S/C24H27N9OS/c1-33-9-7-19-16(14-33)10-18(11-20(19)15-4-5-15)28-24-27-13-17(12-25)22(31-24)30-23-26-8-6-21(29-23)32-35(2,3)34/h6,8,10-11,13,15H,4-5,7,9,14H2,1-3H3,(H2,26,27,28,29,30,31). The van der Waals surface area contributed by atoms with Crippen LogP contribution in [0, 0.1) is 11.3 Å². The van der Waals surface area contributed by atoms with E-state index in [0.717, 1.165) is 25.2 Å². The Morgan fingerprint density at radius 1 is 1.17 bits per heavy atom. The third-order valence-corrected chi connectivity index (χ3v) is 6.55. The second-order valence-corrected chi connectivity index (χ2v) is 11.8. The molecule has 0 unspecified atom stereocenters. The van der Waals surface area contributed by atoms with Gasteiger partial charge >= 0.3 is 0 Å². The summed E-state index contributed by atoms with van der Waals surface area (Å²) in [6.45, 7) is 2.00. The van der Waals surface area contributed by atoms with E-state index >= 15 is 0 Å². The number of nitriles is 1. The van der Waals surface area contributed by atoms with Crippen LogP contribution in [0.5, 0.6) is 0 Å². The third-order valence-electron chi connectivity index (χ3n) is 5.93. The maximum atomic E-state index is 12.0. The summed E-state index contributed by atoms with van der Waals surface area (Å²) in [5, 5.41) is 15.9. The molecule has 2 N–H and O–H groups in total. The number of benzene rings is 1. The molecule has 11 heteroatoms. The number of likely N-dealkylation sites (N-methyl/N-ethyl adjacent to an activating group) is 1. The van der Waals surface area contributed by atoms with Crippen LogP contribution in [0.15, 0.2) is 35.0 Å². The summed E-state index contributed by atoms with van der Waals surface area (Å²) >= 11 is 0. The van der Waals surface area contributed by atoms with Crippen molar-refractivity contribution in [3.05, 3.63) is 52.8 Å². The van der Waals surface area contributed by atoms with Crippen molar-refractivity contribution in [1.29, 1.82) is 5.26 Å². The maximum absolute atomic E-state index is 12.0. The Kier molecular flexibility index (Phi) is 6.08. The predicted molar refractivity (Wildman–Crippen MR) is 136 cm³/mol. The first-order valence-corrected chi connectivity index (χ1v) is 13.8. The summed E-state index contributed by atoms with van der Waals surface area (Å²) in [6.07, 6.45) is 9.60. The van der Waals surface area contributed by atoms with Gasteiger partial charge in [0.2, 0.25) is 11.9 Å². The summed E-state index contributed by atoms with van der Waals surface area (Å²) in [5.41, 5.74) is 5.46. The minimum atomic E-state index is -2.37. The topological polar surface area (TPSA) is 132 Å². The summed E-state index contributed by atoms with van der Waals surface area (Å²) in [6, 6.07) is 8.06. The van der Waals surface area contributed by atoms with Crippen LogP contribution in [0.1, 0.15) is 41.0 Å². The smallest absolute Gasteiger partial charge is 0.230 e. The molecule has 1 aliphatic heterocycles. The Morgan fingerprint density at radius 2 is 1.97 bits per heavy atom. The molecular formula is C24H27N9OS. The lowest BCUT2D eigenvalue weighted by atomic mass is 9.91. The van der Waals surface area contributed by atoms with Gasteiger partial charge in [-0.15, -0.1) is 0 Å². The van der Waals surface area contributed by atoms with Gasteiger partial charge in [-0.1, -0.05) is 0 Å². The van der Waals surface area contributed by atoms with Crippen LogP contribution in [0.3, 0.4) is 0 Å². The third kappa shape index (κ3) is 5.55. The average molecular weight is 490 g/mol. The number of anilines is 4. The molecule has 1 aromatic carbocycles. The van der Waals surface area contributed by atoms with Gasteiger partial charge in [-0.2, -0.15) is 19.6 Å². The van der Waals surface area contributed by atoms with Crippen LogP contribution < -0.4 is 10.6 Å². The number of nitrogens with one attached hydrogen (secondary N) is 2. The van der Waals surface area contributed by atoms with Crippen molar-refractivity contribution in [2.45, 2.75) is 31.7 Å². The van der Waals surface area contributed by atoms with E-state index in [9.17, 15) is 9.47 Å². The van der Waals surface area contributed by atoms with Gasteiger partial charge in [0.05, 0.1) is 6.20 Å². The fourth-order valence-electron chi connectivity index (χ4n) is 4.25. The van der Waals surface area contributed by atoms with Gasteiger partial charge in [0.15, 0.2) is 11.6 Å². The van der Waals surface area contributed by atoms with Crippen LogP contribution in [0.4, 0.5) is 29.2 Å². The van der Waals surface area contributed by atoms with Gasteiger partial charge in [0, 0.05) is 53.3 Å². The Labute approximate surface area is 205 Å². The predicted octanol–water partition coefficient (Wildman–Crippen LogP) is 3.85. The fraction of sp³-hybridized carbons (Fsp3) is 0.375. The highest BCUT2D eigenvalue weighted by Crippen LogP contribution is 2.44. The van der Waals surface area contributed by atoms with E-state index in [1.54, 1.807) is 6.07 Å².